The highest BCUT2D eigenvalue weighted by molar-refractivity contribution is 6.30. The SMILES string of the molecule is COc1ccc(CCN2C[C@@H](C(=O)OCC(=O)N[C@H](C)c3cccc(Cl)c3)CC2=O)cc1OC. The van der Waals surface area contributed by atoms with Gasteiger partial charge in [-0.3, -0.25) is 14.4 Å². The van der Waals surface area contributed by atoms with Crippen molar-refractivity contribution in [1.82, 2.24) is 10.2 Å². The topological polar surface area (TPSA) is 94.2 Å². The quantitative estimate of drug-likeness (QED) is 0.516. The largest absolute Gasteiger partial charge is 0.493 e. The highest BCUT2D eigenvalue weighted by Gasteiger charge is 2.35. The van der Waals surface area contributed by atoms with E-state index in [1.165, 1.54) is 0 Å². The Balaban J connectivity index is 1.45. The second kappa shape index (κ2) is 11.7. The molecule has 0 bridgehead atoms. The van der Waals surface area contributed by atoms with Gasteiger partial charge in [-0.25, -0.2) is 0 Å². The van der Waals surface area contributed by atoms with Crippen molar-refractivity contribution in [3.63, 3.8) is 0 Å². The number of hydrogen-bond donors (Lipinski definition) is 1. The number of esters is 1. The van der Waals surface area contributed by atoms with Crippen LogP contribution in [0.5, 0.6) is 11.5 Å². The van der Waals surface area contributed by atoms with Gasteiger partial charge >= 0.3 is 5.97 Å². The van der Waals surface area contributed by atoms with Gasteiger partial charge in [0.2, 0.25) is 5.91 Å². The van der Waals surface area contributed by atoms with Gasteiger partial charge in [0.25, 0.3) is 5.91 Å². The van der Waals surface area contributed by atoms with Crippen molar-refractivity contribution in [2.24, 2.45) is 5.92 Å². The van der Waals surface area contributed by atoms with E-state index in [1.54, 1.807) is 37.3 Å². The minimum atomic E-state index is -0.587. The highest BCUT2D eigenvalue weighted by atomic mass is 35.5. The first-order valence-electron chi connectivity index (χ1n) is 11.0. The van der Waals surface area contributed by atoms with Crippen LogP contribution in [0.15, 0.2) is 42.5 Å². The van der Waals surface area contributed by atoms with Crippen LogP contribution in [-0.2, 0) is 25.5 Å². The molecule has 1 aliphatic rings. The van der Waals surface area contributed by atoms with Gasteiger partial charge < -0.3 is 24.4 Å². The lowest BCUT2D eigenvalue weighted by atomic mass is 10.1. The average Bonchev–Trinajstić information content (AvgIpc) is 3.21. The number of likely N-dealkylation sites (tertiary alicyclic amines) is 1. The number of carbonyl (C=O) groups is 3. The van der Waals surface area contributed by atoms with Crippen LogP contribution in [0.25, 0.3) is 0 Å². The van der Waals surface area contributed by atoms with Crippen molar-refractivity contribution in [3.8, 4) is 11.5 Å². The molecule has 2 atom stereocenters. The molecule has 182 valence electrons. The predicted molar refractivity (Wildman–Crippen MR) is 127 cm³/mol. The summed E-state index contributed by atoms with van der Waals surface area (Å²) in [6.07, 6.45) is 0.683. The predicted octanol–water partition coefficient (Wildman–Crippen LogP) is 3.17. The Hall–Kier alpha value is -3.26. The summed E-state index contributed by atoms with van der Waals surface area (Å²) in [5.74, 6) is -0.407. The van der Waals surface area contributed by atoms with Crippen molar-refractivity contribution in [1.29, 1.82) is 0 Å². The molecule has 1 heterocycles. The number of ether oxygens (including phenoxy) is 3. The molecule has 0 aliphatic carbocycles. The third-order valence-corrected chi connectivity index (χ3v) is 5.97. The molecule has 1 aliphatic heterocycles. The number of methoxy groups -OCH3 is 2. The molecular formula is C25H29ClN2O6. The van der Waals surface area contributed by atoms with Crippen molar-refractivity contribution < 1.29 is 28.6 Å². The number of benzene rings is 2. The van der Waals surface area contributed by atoms with E-state index in [1.807, 2.05) is 31.2 Å². The third-order valence-electron chi connectivity index (χ3n) is 5.74. The molecule has 1 saturated heterocycles. The number of nitrogens with zero attached hydrogens (tertiary/aromatic N) is 1. The summed E-state index contributed by atoms with van der Waals surface area (Å²) in [6, 6.07) is 12.5. The summed E-state index contributed by atoms with van der Waals surface area (Å²) in [6.45, 7) is 2.15. The molecular weight excluding hydrogens is 460 g/mol. The monoisotopic (exact) mass is 488 g/mol. The molecule has 0 spiro atoms. The molecule has 1 fully saturated rings. The Morgan fingerprint density at radius 2 is 1.91 bits per heavy atom. The first-order chi connectivity index (χ1) is 16.3. The fourth-order valence-electron chi connectivity index (χ4n) is 3.84. The molecule has 3 rings (SSSR count). The minimum absolute atomic E-state index is 0.0747. The molecule has 1 N–H and O–H groups in total. The van der Waals surface area contributed by atoms with Gasteiger partial charge in [-0.15, -0.1) is 0 Å². The summed E-state index contributed by atoms with van der Waals surface area (Å²) < 4.78 is 15.7. The van der Waals surface area contributed by atoms with E-state index in [9.17, 15) is 14.4 Å². The summed E-state index contributed by atoms with van der Waals surface area (Å²) in [5, 5.41) is 3.35. The number of carbonyl (C=O) groups excluding carboxylic acids is 3. The number of halogens is 1. The Morgan fingerprint density at radius 1 is 1.15 bits per heavy atom. The lowest BCUT2D eigenvalue weighted by Gasteiger charge is -2.17. The van der Waals surface area contributed by atoms with Crippen LogP contribution in [0, 0.1) is 5.92 Å². The maximum Gasteiger partial charge on any atom is 0.311 e. The van der Waals surface area contributed by atoms with Gasteiger partial charge in [-0.05, 0) is 48.7 Å². The van der Waals surface area contributed by atoms with Gasteiger partial charge in [0.15, 0.2) is 18.1 Å². The lowest BCUT2D eigenvalue weighted by Crippen LogP contribution is -2.33. The Labute approximate surface area is 204 Å². The van der Waals surface area contributed by atoms with Gasteiger partial charge in [0, 0.05) is 24.5 Å². The fourth-order valence-corrected chi connectivity index (χ4v) is 4.04. The normalized spacial score (nSPS) is 16.2. The van der Waals surface area contributed by atoms with Crippen molar-refractivity contribution in [3.05, 3.63) is 58.6 Å². The summed E-state index contributed by atoms with van der Waals surface area (Å²) in [5.41, 5.74) is 1.83. The highest BCUT2D eigenvalue weighted by Crippen LogP contribution is 2.28. The Bertz CT molecular complexity index is 1040. The zero-order chi connectivity index (χ0) is 24.7. The van der Waals surface area contributed by atoms with Gasteiger partial charge in [-0.2, -0.15) is 0 Å². The van der Waals surface area contributed by atoms with E-state index in [4.69, 9.17) is 25.8 Å². The molecule has 2 aromatic carbocycles. The first-order valence-corrected chi connectivity index (χ1v) is 11.4. The van der Waals surface area contributed by atoms with Gasteiger partial charge in [0.05, 0.1) is 26.2 Å². The second-order valence-corrected chi connectivity index (χ2v) is 8.57. The summed E-state index contributed by atoms with van der Waals surface area (Å²) in [7, 11) is 3.14. The molecule has 2 amide bonds. The molecule has 8 nitrogen and oxygen atoms in total. The summed E-state index contributed by atoms with van der Waals surface area (Å²) >= 11 is 5.98. The van der Waals surface area contributed by atoms with Crippen LogP contribution in [0.2, 0.25) is 5.02 Å². The molecule has 0 radical (unpaired) electrons. The third kappa shape index (κ3) is 6.63. The van der Waals surface area contributed by atoms with Crippen LogP contribution in [0.4, 0.5) is 0 Å². The van der Waals surface area contributed by atoms with Gasteiger partial charge in [-0.1, -0.05) is 29.8 Å². The van der Waals surface area contributed by atoms with E-state index in [0.29, 0.717) is 29.5 Å². The summed E-state index contributed by atoms with van der Waals surface area (Å²) in [4.78, 5) is 38.7. The van der Waals surface area contributed by atoms with Crippen LogP contribution < -0.4 is 14.8 Å². The van der Waals surface area contributed by atoms with E-state index in [0.717, 1.165) is 11.1 Å². The number of nitrogens with one attached hydrogen (secondary N) is 1. The fraction of sp³-hybridized carbons (Fsp3) is 0.400. The standard InChI is InChI=1S/C25H29ClN2O6/c1-16(18-5-4-6-20(26)12-18)27-23(29)15-34-25(31)19-13-24(30)28(14-19)10-9-17-7-8-21(32-2)22(11-17)33-3/h4-8,11-12,16,19H,9-10,13-15H2,1-3H3,(H,27,29)/t16-,19+/m1/s1. The number of hydrogen-bond acceptors (Lipinski definition) is 6. The zero-order valence-corrected chi connectivity index (χ0v) is 20.3. The van der Waals surface area contributed by atoms with Gasteiger partial charge in [0.1, 0.15) is 0 Å². The van der Waals surface area contributed by atoms with Crippen LogP contribution in [0.3, 0.4) is 0 Å². The lowest BCUT2D eigenvalue weighted by molar-refractivity contribution is -0.152. The second-order valence-electron chi connectivity index (χ2n) is 8.13. The molecule has 2 aromatic rings. The Morgan fingerprint density at radius 3 is 2.62 bits per heavy atom. The van der Waals surface area contributed by atoms with Crippen LogP contribution in [0.1, 0.15) is 30.5 Å². The van der Waals surface area contributed by atoms with Crippen molar-refractivity contribution >= 4 is 29.4 Å². The maximum absolute atomic E-state index is 12.4. The minimum Gasteiger partial charge on any atom is -0.493 e. The number of rotatable bonds is 10. The average molecular weight is 489 g/mol. The smallest absolute Gasteiger partial charge is 0.311 e. The Kier molecular flexibility index (Phi) is 8.76. The molecule has 34 heavy (non-hydrogen) atoms. The van der Waals surface area contributed by atoms with E-state index < -0.39 is 24.4 Å². The zero-order valence-electron chi connectivity index (χ0n) is 19.5. The molecule has 0 saturated carbocycles. The molecule has 0 aromatic heterocycles. The van der Waals surface area contributed by atoms with Crippen molar-refractivity contribution in [2.45, 2.75) is 25.8 Å². The molecule has 9 heteroatoms. The van der Waals surface area contributed by atoms with E-state index in [-0.39, 0.29) is 24.9 Å². The van der Waals surface area contributed by atoms with Crippen molar-refractivity contribution in [2.75, 3.05) is 33.9 Å². The van der Waals surface area contributed by atoms with E-state index in [2.05, 4.69) is 5.32 Å². The van der Waals surface area contributed by atoms with Crippen LogP contribution >= 0.6 is 11.6 Å². The molecule has 0 unspecified atom stereocenters. The first kappa shape index (κ1) is 25.4. The van der Waals surface area contributed by atoms with E-state index >= 15 is 0 Å². The maximum atomic E-state index is 12.4. The van der Waals surface area contributed by atoms with Crippen LogP contribution in [-0.4, -0.2) is 56.6 Å². The number of amides is 2.